The van der Waals surface area contributed by atoms with Gasteiger partial charge in [-0.2, -0.15) is 0 Å². The molecule has 0 aliphatic carbocycles. The van der Waals surface area contributed by atoms with Crippen LogP contribution in [-0.4, -0.2) is 26.4 Å². The number of hydrogen-bond acceptors (Lipinski definition) is 4. The van der Waals surface area contributed by atoms with Gasteiger partial charge in [0.05, 0.1) is 11.3 Å². The Labute approximate surface area is 178 Å². The van der Waals surface area contributed by atoms with Gasteiger partial charge < -0.3 is 5.32 Å². The normalized spacial score (nSPS) is 11.5. The first kappa shape index (κ1) is 20.7. The van der Waals surface area contributed by atoms with E-state index >= 15 is 0 Å². The molecule has 0 atom stereocenters. The predicted octanol–water partition coefficient (Wildman–Crippen LogP) is 5.03. The lowest BCUT2D eigenvalue weighted by molar-refractivity contribution is -0.120. The van der Waals surface area contributed by atoms with E-state index in [1.54, 1.807) is 24.5 Å². The van der Waals surface area contributed by atoms with Crippen molar-refractivity contribution < 1.29 is 4.79 Å². The highest BCUT2D eigenvalue weighted by atomic mass is 35.5. The molecule has 0 radical (unpaired) electrons. The summed E-state index contributed by atoms with van der Waals surface area (Å²) in [6, 6.07) is 13.3. The Morgan fingerprint density at radius 3 is 2.43 bits per heavy atom. The van der Waals surface area contributed by atoms with Gasteiger partial charge >= 0.3 is 0 Å². The highest BCUT2D eigenvalue weighted by Gasteiger charge is 2.28. The van der Waals surface area contributed by atoms with Crippen molar-refractivity contribution in [2.24, 2.45) is 0 Å². The first-order valence-electron chi connectivity index (χ1n) is 8.63. The van der Waals surface area contributed by atoms with Crippen LogP contribution >= 0.6 is 35.0 Å². The number of nitrogens with one attached hydrogen (secondary N) is 1. The van der Waals surface area contributed by atoms with Crippen molar-refractivity contribution in [1.82, 2.24) is 20.1 Å². The van der Waals surface area contributed by atoms with E-state index < -0.39 is 5.54 Å². The van der Waals surface area contributed by atoms with Gasteiger partial charge in [0.2, 0.25) is 5.91 Å². The maximum Gasteiger partial charge on any atom is 0.231 e. The predicted molar refractivity (Wildman–Crippen MR) is 114 cm³/mol. The summed E-state index contributed by atoms with van der Waals surface area (Å²) >= 11 is 13.9. The van der Waals surface area contributed by atoms with Crippen molar-refractivity contribution in [2.75, 3.05) is 5.75 Å². The molecule has 0 saturated heterocycles. The van der Waals surface area contributed by atoms with Crippen LogP contribution in [0.1, 0.15) is 25.0 Å². The number of thioether (sulfide) groups is 1. The standard InChI is InChI=1S/C20H20Cl2N4OS/c1-13-7-9-14(10-8-13)26-12-23-25-19(26)28-11-17(27)24-20(2,3)18-15(21)5-4-6-16(18)22/h4-10,12H,11H2,1-3H3,(H,24,27). The Balaban J connectivity index is 1.68. The summed E-state index contributed by atoms with van der Waals surface area (Å²) in [5.74, 6) is 0.0419. The van der Waals surface area contributed by atoms with E-state index in [-0.39, 0.29) is 11.7 Å². The minimum Gasteiger partial charge on any atom is -0.346 e. The van der Waals surface area contributed by atoms with Crippen molar-refractivity contribution in [3.8, 4) is 5.69 Å². The Morgan fingerprint density at radius 1 is 1.14 bits per heavy atom. The summed E-state index contributed by atoms with van der Waals surface area (Å²) in [5.41, 5.74) is 2.10. The van der Waals surface area contributed by atoms with Crippen LogP contribution in [0.3, 0.4) is 0 Å². The van der Waals surface area contributed by atoms with Crippen LogP contribution < -0.4 is 5.32 Å². The maximum absolute atomic E-state index is 12.6. The third-order valence-electron chi connectivity index (χ3n) is 4.20. The van der Waals surface area contributed by atoms with Gasteiger partial charge in [0.1, 0.15) is 6.33 Å². The van der Waals surface area contributed by atoms with Crippen LogP contribution in [0.15, 0.2) is 53.9 Å². The molecule has 3 aromatic rings. The zero-order valence-corrected chi connectivity index (χ0v) is 18.1. The van der Waals surface area contributed by atoms with E-state index in [0.29, 0.717) is 20.8 Å². The number of aromatic nitrogens is 3. The van der Waals surface area contributed by atoms with Gasteiger partial charge in [0.15, 0.2) is 5.16 Å². The van der Waals surface area contributed by atoms with Gasteiger partial charge in [0, 0.05) is 21.3 Å². The van der Waals surface area contributed by atoms with Crippen molar-refractivity contribution in [2.45, 2.75) is 31.5 Å². The van der Waals surface area contributed by atoms with Crippen LogP contribution in [0.25, 0.3) is 5.69 Å². The Kier molecular flexibility index (Phi) is 6.33. The number of amides is 1. The molecule has 1 amide bonds. The average Bonchev–Trinajstić information content (AvgIpc) is 3.08. The fraction of sp³-hybridized carbons (Fsp3) is 0.250. The molecule has 1 N–H and O–H groups in total. The van der Waals surface area contributed by atoms with E-state index in [4.69, 9.17) is 23.2 Å². The fourth-order valence-electron chi connectivity index (χ4n) is 2.88. The van der Waals surface area contributed by atoms with E-state index in [1.165, 1.54) is 17.3 Å². The zero-order valence-electron chi connectivity index (χ0n) is 15.7. The smallest absolute Gasteiger partial charge is 0.231 e. The SMILES string of the molecule is Cc1ccc(-n2cnnc2SCC(=O)NC(C)(C)c2c(Cl)cccc2Cl)cc1. The molecule has 0 aliphatic heterocycles. The Morgan fingerprint density at radius 2 is 1.79 bits per heavy atom. The van der Waals surface area contributed by atoms with Crippen LogP contribution in [-0.2, 0) is 10.3 Å². The quantitative estimate of drug-likeness (QED) is 0.552. The van der Waals surface area contributed by atoms with E-state index in [2.05, 4.69) is 15.5 Å². The lowest BCUT2D eigenvalue weighted by atomic mass is 9.94. The van der Waals surface area contributed by atoms with Crippen LogP contribution in [0.2, 0.25) is 10.0 Å². The Hall–Kier alpha value is -2.02. The highest BCUT2D eigenvalue weighted by molar-refractivity contribution is 7.99. The number of hydrogen-bond donors (Lipinski definition) is 1. The molecule has 2 aromatic carbocycles. The third-order valence-corrected chi connectivity index (χ3v) is 5.77. The maximum atomic E-state index is 12.6. The van der Waals surface area contributed by atoms with Gasteiger partial charge in [-0.3, -0.25) is 9.36 Å². The molecule has 1 heterocycles. The van der Waals surface area contributed by atoms with Crippen molar-refractivity contribution >= 4 is 40.9 Å². The highest BCUT2D eigenvalue weighted by Crippen LogP contribution is 2.34. The first-order valence-corrected chi connectivity index (χ1v) is 10.4. The molecule has 0 spiro atoms. The second-order valence-corrected chi connectivity index (χ2v) is 8.63. The minimum absolute atomic E-state index is 0.149. The molecule has 5 nitrogen and oxygen atoms in total. The van der Waals surface area contributed by atoms with Crippen LogP contribution in [0, 0.1) is 6.92 Å². The number of carbonyl (C=O) groups excluding carboxylic acids is 1. The summed E-state index contributed by atoms with van der Waals surface area (Å²) in [6.45, 7) is 5.78. The van der Waals surface area contributed by atoms with Crippen molar-refractivity contribution in [3.05, 3.63) is 70.0 Å². The molecule has 8 heteroatoms. The molecule has 3 rings (SSSR count). The fourth-order valence-corrected chi connectivity index (χ4v) is 4.48. The molecule has 1 aromatic heterocycles. The van der Waals surface area contributed by atoms with E-state index in [0.717, 1.165) is 5.69 Å². The zero-order chi connectivity index (χ0) is 20.3. The summed E-state index contributed by atoms with van der Waals surface area (Å²) in [4.78, 5) is 12.6. The van der Waals surface area contributed by atoms with Crippen LogP contribution in [0.5, 0.6) is 0 Å². The van der Waals surface area contributed by atoms with Gasteiger partial charge in [-0.15, -0.1) is 10.2 Å². The summed E-state index contributed by atoms with van der Waals surface area (Å²) < 4.78 is 1.85. The van der Waals surface area contributed by atoms with Crippen LogP contribution in [0.4, 0.5) is 0 Å². The number of halogens is 2. The summed E-state index contributed by atoms with van der Waals surface area (Å²) in [7, 11) is 0. The molecule has 28 heavy (non-hydrogen) atoms. The molecular formula is C20H20Cl2N4OS. The summed E-state index contributed by atoms with van der Waals surface area (Å²) in [5, 5.41) is 12.8. The second-order valence-electron chi connectivity index (χ2n) is 6.88. The van der Waals surface area contributed by atoms with Gasteiger partial charge in [0.25, 0.3) is 0 Å². The molecule has 0 unspecified atom stereocenters. The number of carbonyl (C=O) groups is 1. The van der Waals surface area contributed by atoms with E-state index in [1.807, 2.05) is 49.6 Å². The lowest BCUT2D eigenvalue weighted by Crippen LogP contribution is -2.42. The number of nitrogens with zero attached hydrogens (tertiary/aromatic N) is 3. The second kappa shape index (κ2) is 8.55. The molecule has 0 aliphatic rings. The van der Waals surface area contributed by atoms with Gasteiger partial charge in [-0.1, -0.05) is 58.7 Å². The average molecular weight is 435 g/mol. The largest absolute Gasteiger partial charge is 0.346 e. The number of aryl methyl sites for hydroxylation is 1. The molecule has 0 bridgehead atoms. The third kappa shape index (κ3) is 4.69. The van der Waals surface area contributed by atoms with Gasteiger partial charge in [-0.05, 0) is 45.0 Å². The number of rotatable bonds is 6. The lowest BCUT2D eigenvalue weighted by Gasteiger charge is -2.28. The number of benzene rings is 2. The molecule has 0 saturated carbocycles. The molecule has 0 fully saturated rings. The van der Waals surface area contributed by atoms with Gasteiger partial charge in [-0.25, -0.2) is 0 Å². The Bertz CT molecular complexity index is 966. The summed E-state index contributed by atoms with van der Waals surface area (Å²) in [6.07, 6.45) is 1.64. The first-order chi connectivity index (χ1) is 13.3. The topological polar surface area (TPSA) is 59.8 Å². The molecule has 146 valence electrons. The molecular weight excluding hydrogens is 415 g/mol. The van der Waals surface area contributed by atoms with Crippen molar-refractivity contribution in [3.63, 3.8) is 0 Å². The minimum atomic E-state index is -0.711. The van der Waals surface area contributed by atoms with E-state index in [9.17, 15) is 4.79 Å². The monoisotopic (exact) mass is 434 g/mol. The van der Waals surface area contributed by atoms with Crippen molar-refractivity contribution in [1.29, 1.82) is 0 Å².